The van der Waals surface area contributed by atoms with Crippen molar-refractivity contribution >= 4 is 61.9 Å². The lowest BCUT2D eigenvalue weighted by Gasteiger charge is -2.33. The van der Waals surface area contributed by atoms with E-state index in [0.29, 0.717) is 38.0 Å². The van der Waals surface area contributed by atoms with Gasteiger partial charge in [-0.25, -0.2) is 0 Å². The van der Waals surface area contributed by atoms with Crippen LogP contribution in [0.1, 0.15) is 163 Å². The zero-order chi connectivity index (χ0) is 55.0. The number of carbonyl (C=O) groups excluding carboxylic acids is 3. The van der Waals surface area contributed by atoms with Crippen molar-refractivity contribution in [2.24, 2.45) is 4.99 Å². The predicted molar refractivity (Wildman–Crippen MR) is 324 cm³/mol. The van der Waals surface area contributed by atoms with E-state index in [-0.39, 0.29) is 36.2 Å². The van der Waals surface area contributed by atoms with E-state index in [1.807, 2.05) is 38.4 Å². The zero-order valence-corrected chi connectivity index (χ0v) is 47.4. The predicted octanol–water partition coefficient (Wildman–Crippen LogP) is 11.1. The minimum Gasteiger partial charge on any atom is -0.456 e. The number of hydrogen-bond donors (Lipinski definition) is 6. The Morgan fingerprint density at radius 1 is 0.595 bits per heavy atom. The highest BCUT2D eigenvalue weighted by Gasteiger charge is 2.29. The van der Waals surface area contributed by atoms with Gasteiger partial charge in [0.25, 0.3) is 5.91 Å². The summed E-state index contributed by atoms with van der Waals surface area (Å²) in [6, 6.07) is 32.3. The van der Waals surface area contributed by atoms with E-state index in [4.69, 9.17) is 9.73 Å². The summed E-state index contributed by atoms with van der Waals surface area (Å²) in [5.41, 5.74) is 13.9. The van der Waals surface area contributed by atoms with Crippen LogP contribution in [-0.2, 0) is 29.2 Å². The standard InChI is InChI=1S/C66H80N8O4.CH4/c1-43-39-65(3,4)72-55-37-59-53(35-51(43)55)63(54-36-52-44(2)40-66(5,6)73-56(52)38-60(54)78-59)47-24-26-48(27-25-47)64(77)71-30-14-9-12-18-61(75)69-28-15-11-16-29-70-62(76)19-13-10-17-31-74-57-32-45(41-67-7)20-22-49(57)34-50-23-21-46(42-68-8)33-58(50)74;/h20-27,32-40,67-68H,9-19,28-31,41-42H2,1-8H3,(H3-,69,70,71,72,73,75,76,77);1H4/p+1. The third-order valence-electron chi connectivity index (χ3n) is 15.3. The van der Waals surface area contributed by atoms with Gasteiger partial charge >= 0.3 is 0 Å². The average molecular weight is 1070 g/mol. The second kappa shape index (κ2) is 25.8. The number of rotatable bonds is 24. The lowest BCUT2D eigenvalue weighted by Crippen LogP contribution is -2.36. The Labute approximate surface area is 468 Å². The van der Waals surface area contributed by atoms with Crippen LogP contribution in [0.5, 0.6) is 11.5 Å². The number of hydrogen-bond acceptors (Lipinski definition) is 8. The Balaban J connectivity index is 0.00000822. The lowest BCUT2D eigenvalue weighted by molar-refractivity contribution is -0.645. The van der Waals surface area contributed by atoms with Gasteiger partial charge in [0.1, 0.15) is 18.0 Å². The van der Waals surface area contributed by atoms with Gasteiger partial charge in [-0.15, -0.1) is 0 Å². The Hall–Kier alpha value is -7.15. The number of pyridine rings is 1. The fourth-order valence-corrected chi connectivity index (χ4v) is 11.6. The van der Waals surface area contributed by atoms with Crippen molar-refractivity contribution in [1.29, 1.82) is 0 Å². The van der Waals surface area contributed by atoms with E-state index in [2.05, 4.69) is 157 Å². The molecular weight excluding hydrogens is 981 g/mol. The summed E-state index contributed by atoms with van der Waals surface area (Å²) in [7, 11) is 3.96. The molecule has 0 spiro atoms. The molecule has 5 aromatic carbocycles. The number of amides is 3. The van der Waals surface area contributed by atoms with Gasteiger partial charge < -0.3 is 36.6 Å². The molecule has 416 valence electrons. The molecule has 3 aliphatic rings. The molecule has 6 N–H and O–H groups in total. The normalized spacial score (nSPS) is 14.5. The topological polar surface area (TPSA) is 149 Å². The maximum absolute atomic E-state index is 13.4. The molecule has 3 aliphatic heterocycles. The van der Waals surface area contributed by atoms with Crippen LogP contribution >= 0.6 is 0 Å². The van der Waals surface area contributed by atoms with Crippen LogP contribution in [0.3, 0.4) is 0 Å². The molecule has 12 heteroatoms. The van der Waals surface area contributed by atoms with Gasteiger partial charge in [0, 0.05) is 126 Å². The van der Waals surface area contributed by atoms with Crippen molar-refractivity contribution in [3.63, 3.8) is 0 Å². The number of fused-ring (bicyclic) bond motifs is 6. The summed E-state index contributed by atoms with van der Waals surface area (Å²) in [5.74, 6) is 1.59. The third kappa shape index (κ3) is 14.2. The molecule has 0 bridgehead atoms. The molecule has 0 fully saturated rings. The van der Waals surface area contributed by atoms with Crippen LogP contribution in [0.15, 0.2) is 108 Å². The summed E-state index contributed by atoms with van der Waals surface area (Å²) < 4.78 is 9.20. The van der Waals surface area contributed by atoms with Crippen molar-refractivity contribution in [2.45, 2.75) is 150 Å². The minimum atomic E-state index is -0.309. The van der Waals surface area contributed by atoms with Gasteiger partial charge in [-0.05, 0) is 171 Å². The smallest absolute Gasteiger partial charge is 0.251 e. The molecule has 0 aliphatic carbocycles. The van der Waals surface area contributed by atoms with Gasteiger partial charge in [0.05, 0.1) is 16.4 Å². The summed E-state index contributed by atoms with van der Waals surface area (Å²) in [4.78, 5) is 43.7. The van der Waals surface area contributed by atoms with E-state index in [9.17, 15) is 14.4 Å². The molecule has 0 saturated heterocycles. The summed E-state index contributed by atoms with van der Waals surface area (Å²) in [6.45, 7) is 17.3. The van der Waals surface area contributed by atoms with Crippen LogP contribution in [0.25, 0.3) is 38.5 Å². The molecule has 79 heavy (non-hydrogen) atoms. The molecule has 0 radical (unpaired) electrons. The van der Waals surface area contributed by atoms with Gasteiger partial charge in [-0.3, -0.25) is 19.4 Å². The highest BCUT2D eigenvalue weighted by atomic mass is 16.5. The van der Waals surface area contributed by atoms with Crippen molar-refractivity contribution < 1.29 is 23.7 Å². The third-order valence-corrected chi connectivity index (χ3v) is 15.3. The second-order valence-corrected chi connectivity index (χ2v) is 22.9. The number of unbranched alkanes of at least 4 members (excludes halogenated alkanes) is 6. The molecule has 0 saturated carbocycles. The summed E-state index contributed by atoms with van der Waals surface area (Å²) in [6.07, 6.45) is 13.4. The van der Waals surface area contributed by atoms with Crippen LogP contribution in [0, 0.1) is 0 Å². The van der Waals surface area contributed by atoms with Crippen molar-refractivity contribution in [3.8, 4) is 11.5 Å². The number of aryl methyl sites for hydroxylation is 1. The number of benzene rings is 5. The number of carbonyl (C=O) groups is 3. The van der Waals surface area contributed by atoms with Crippen molar-refractivity contribution in [1.82, 2.24) is 26.6 Å². The van der Waals surface area contributed by atoms with E-state index < -0.39 is 0 Å². The van der Waals surface area contributed by atoms with E-state index in [1.54, 1.807) is 0 Å². The van der Waals surface area contributed by atoms with Crippen molar-refractivity contribution in [3.05, 3.63) is 153 Å². The van der Waals surface area contributed by atoms with E-state index in [0.717, 1.165) is 133 Å². The fraction of sp³-hybridized carbons (Fsp3) is 0.418. The lowest BCUT2D eigenvalue weighted by atomic mass is 9.85. The van der Waals surface area contributed by atoms with Crippen LogP contribution in [0.2, 0.25) is 0 Å². The zero-order valence-electron chi connectivity index (χ0n) is 47.4. The number of anilines is 1. The van der Waals surface area contributed by atoms with Crippen LogP contribution in [-0.4, -0.2) is 62.5 Å². The number of ether oxygens (including phenoxy) is 1. The van der Waals surface area contributed by atoms with Gasteiger partial charge in [-0.1, -0.05) is 50.3 Å². The maximum atomic E-state index is 13.4. The van der Waals surface area contributed by atoms with E-state index in [1.165, 1.54) is 44.1 Å². The van der Waals surface area contributed by atoms with Gasteiger partial charge in [-0.2, -0.15) is 4.57 Å². The van der Waals surface area contributed by atoms with Gasteiger partial charge in [0.2, 0.25) is 22.8 Å². The second-order valence-electron chi connectivity index (χ2n) is 22.9. The minimum absolute atomic E-state index is 0. The molecule has 1 aromatic heterocycles. The number of aromatic nitrogens is 1. The van der Waals surface area contributed by atoms with Gasteiger partial charge in [0.15, 0.2) is 0 Å². The van der Waals surface area contributed by atoms with E-state index >= 15 is 0 Å². The SMILES string of the molecule is C.CNCc1ccc2cc3ccc(CNC)cc3[n+](CCCCCC(=O)NCCCCCNC(=O)CCCCCNC(=O)c3ccc(C4=c5cc6c(cc5Oc5cc7c(cc54)C(C)=CC(C)(C)N7)=NC(C)(C)C=C6C)cc3)c2c1. The Morgan fingerprint density at radius 2 is 1.18 bits per heavy atom. The largest absolute Gasteiger partial charge is 0.456 e. The first kappa shape index (κ1) is 58.0. The Bertz CT molecular complexity index is 3360. The van der Waals surface area contributed by atoms with Crippen LogP contribution < -0.4 is 51.8 Å². The summed E-state index contributed by atoms with van der Waals surface area (Å²) in [5, 5.41) is 23.9. The molecular formula is C67H85N8O4+. The first-order valence-corrected chi connectivity index (χ1v) is 28.5. The number of allylic oxidation sites excluding steroid dienone is 2. The molecule has 6 aromatic rings. The monoisotopic (exact) mass is 1070 g/mol. The summed E-state index contributed by atoms with van der Waals surface area (Å²) >= 11 is 0. The Morgan fingerprint density at radius 3 is 1.80 bits per heavy atom. The van der Waals surface area contributed by atoms with Crippen LogP contribution in [0.4, 0.5) is 5.69 Å². The molecule has 9 rings (SSSR count). The van der Waals surface area contributed by atoms with Crippen molar-refractivity contribution in [2.75, 3.05) is 39.0 Å². The molecule has 0 atom stereocenters. The number of nitrogens with zero attached hydrogens (tertiary/aromatic N) is 2. The maximum Gasteiger partial charge on any atom is 0.251 e. The number of nitrogens with one attached hydrogen (secondary N) is 6. The molecule has 12 nitrogen and oxygen atoms in total. The first-order valence-electron chi connectivity index (χ1n) is 28.5. The fourth-order valence-electron chi connectivity index (χ4n) is 11.6. The molecule has 3 amide bonds. The quantitative estimate of drug-likeness (QED) is 0.0201. The molecule has 0 unspecified atom stereocenters. The highest BCUT2D eigenvalue weighted by Crippen LogP contribution is 2.44. The highest BCUT2D eigenvalue weighted by molar-refractivity contribution is 5.96. The average Bonchev–Trinajstić information content (AvgIpc) is 3.55. The Kier molecular flexibility index (Phi) is 18.9. The molecule has 4 heterocycles. The first-order chi connectivity index (χ1) is 37.6.